The van der Waals surface area contributed by atoms with Gasteiger partial charge in [0, 0.05) is 12.6 Å². The summed E-state index contributed by atoms with van der Waals surface area (Å²) in [7, 11) is 0. The summed E-state index contributed by atoms with van der Waals surface area (Å²) in [5.41, 5.74) is 0. The average molecular weight is 348 g/mol. The molecule has 0 amide bonds. The van der Waals surface area contributed by atoms with E-state index in [2.05, 4.69) is 21.6 Å². The molecule has 0 unspecified atom stereocenters. The van der Waals surface area contributed by atoms with E-state index in [4.69, 9.17) is 16.6 Å². The predicted octanol–water partition coefficient (Wildman–Crippen LogP) is 3.46. The smallest absolute Gasteiger partial charge is 0.166 e. The number of furan rings is 1. The molecule has 2 N–H and O–H groups in total. The molecule has 2 bridgehead atoms. The first-order valence-corrected chi connectivity index (χ1v) is 10.0. The second kappa shape index (κ2) is 7.44. The molecule has 3 fully saturated rings. The van der Waals surface area contributed by atoms with Crippen molar-refractivity contribution in [2.45, 2.75) is 57.0 Å². The molecule has 132 valence electrons. The van der Waals surface area contributed by atoms with Crippen molar-refractivity contribution in [2.75, 3.05) is 19.6 Å². The van der Waals surface area contributed by atoms with E-state index < -0.39 is 0 Å². The van der Waals surface area contributed by atoms with Gasteiger partial charge in [0.2, 0.25) is 0 Å². The Hall–Kier alpha value is -1.07. The summed E-state index contributed by atoms with van der Waals surface area (Å²) in [4.78, 5) is 2.54. The van der Waals surface area contributed by atoms with E-state index in [0.717, 1.165) is 42.3 Å². The van der Waals surface area contributed by atoms with Crippen molar-refractivity contribution in [3.05, 3.63) is 24.2 Å². The van der Waals surface area contributed by atoms with E-state index in [0.29, 0.717) is 6.04 Å². The molecule has 2 heterocycles. The van der Waals surface area contributed by atoms with Gasteiger partial charge in [-0.1, -0.05) is 12.8 Å². The molecule has 1 saturated heterocycles. The molecular formula is C19H29N3OS. The van der Waals surface area contributed by atoms with Gasteiger partial charge >= 0.3 is 0 Å². The Bertz CT molecular complexity index is 541. The normalized spacial score (nSPS) is 31.1. The molecule has 4 rings (SSSR count). The molecule has 2 saturated carbocycles. The lowest BCUT2D eigenvalue weighted by atomic mass is 9.95. The molecule has 5 heteroatoms. The zero-order valence-electron chi connectivity index (χ0n) is 14.4. The number of nitrogens with one attached hydrogen (secondary N) is 2. The number of thiocarbonyl (C=S) groups is 1. The van der Waals surface area contributed by atoms with Gasteiger partial charge in [0.25, 0.3) is 0 Å². The summed E-state index contributed by atoms with van der Waals surface area (Å²) in [5, 5.41) is 7.88. The minimum atomic E-state index is 0.278. The summed E-state index contributed by atoms with van der Waals surface area (Å²) < 4.78 is 5.71. The highest BCUT2D eigenvalue weighted by Gasteiger charge is 2.39. The van der Waals surface area contributed by atoms with Crippen LogP contribution in [-0.2, 0) is 0 Å². The number of fused-ring (bicyclic) bond motifs is 2. The third kappa shape index (κ3) is 3.62. The van der Waals surface area contributed by atoms with E-state index in [-0.39, 0.29) is 6.04 Å². The van der Waals surface area contributed by atoms with Crippen LogP contribution in [0.3, 0.4) is 0 Å². The van der Waals surface area contributed by atoms with Gasteiger partial charge in [-0.25, -0.2) is 0 Å². The fraction of sp³-hybridized carbons (Fsp3) is 0.737. The largest absolute Gasteiger partial charge is 0.468 e. The molecule has 4 nitrogen and oxygen atoms in total. The molecule has 1 aromatic rings. The van der Waals surface area contributed by atoms with Crippen LogP contribution < -0.4 is 10.6 Å². The predicted molar refractivity (Wildman–Crippen MR) is 99.8 cm³/mol. The number of hydrogen-bond acceptors (Lipinski definition) is 3. The van der Waals surface area contributed by atoms with Gasteiger partial charge in [-0.3, -0.25) is 4.90 Å². The molecule has 2 aliphatic carbocycles. The summed E-state index contributed by atoms with van der Waals surface area (Å²) in [6, 6.07) is 4.95. The van der Waals surface area contributed by atoms with Gasteiger partial charge in [0.15, 0.2) is 5.11 Å². The molecule has 4 atom stereocenters. The summed E-state index contributed by atoms with van der Waals surface area (Å²) in [6.07, 6.45) is 11.2. The number of piperidine rings is 1. The van der Waals surface area contributed by atoms with Crippen LogP contribution in [0.1, 0.15) is 56.7 Å². The topological polar surface area (TPSA) is 40.4 Å². The zero-order valence-corrected chi connectivity index (χ0v) is 15.2. The molecule has 0 spiro atoms. The fourth-order valence-electron chi connectivity index (χ4n) is 4.95. The lowest BCUT2D eigenvalue weighted by Crippen LogP contribution is -2.47. The van der Waals surface area contributed by atoms with Gasteiger partial charge in [-0.05, 0) is 81.4 Å². The zero-order chi connectivity index (χ0) is 16.4. The first-order valence-electron chi connectivity index (χ1n) is 9.61. The second-order valence-electron chi connectivity index (χ2n) is 7.76. The van der Waals surface area contributed by atoms with Crippen LogP contribution in [0.25, 0.3) is 0 Å². The van der Waals surface area contributed by atoms with E-state index in [9.17, 15) is 0 Å². The molecule has 1 aromatic heterocycles. The fourth-order valence-corrected chi connectivity index (χ4v) is 5.19. The monoisotopic (exact) mass is 347 g/mol. The summed E-state index contributed by atoms with van der Waals surface area (Å²) in [5.74, 6) is 2.84. The van der Waals surface area contributed by atoms with Crippen molar-refractivity contribution in [2.24, 2.45) is 11.8 Å². The molecule has 24 heavy (non-hydrogen) atoms. The van der Waals surface area contributed by atoms with Gasteiger partial charge in [-0.2, -0.15) is 0 Å². The summed E-state index contributed by atoms with van der Waals surface area (Å²) in [6.45, 7) is 3.12. The minimum Gasteiger partial charge on any atom is -0.468 e. The van der Waals surface area contributed by atoms with Crippen molar-refractivity contribution in [1.82, 2.24) is 15.5 Å². The Kier molecular flexibility index (Phi) is 5.09. The molecule has 0 radical (unpaired) electrons. The molecule has 3 aliphatic rings. The maximum Gasteiger partial charge on any atom is 0.166 e. The van der Waals surface area contributed by atoms with Crippen LogP contribution in [0.15, 0.2) is 22.8 Å². The maximum atomic E-state index is 5.71. The Labute approximate surface area is 150 Å². The van der Waals surface area contributed by atoms with Crippen molar-refractivity contribution < 1.29 is 4.42 Å². The van der Waals surface area contributed by atoms with Crippen LogP contribution in [0.2, 0.25) is 0 Å². The number of rotatable bonds is 5. The Morgan fingerprint density at radius 1 is 1.25 bits per heavy atom. The Balaban J connectivity index is 1.32. The third-order valence-corrected chi connectivity index (χ3v) is 6.48. The highest BCUT2D eigenvalue weighted by Crippen LogP contribution is 2.44. The lowest BCUT2D eigenvalue weighted by molar-refractivity contribution is 0.146. The molecule has 0 aromatic carbocycles. The third-order valence-electron chi connectivity index (χ3n) is 6.21. The number of nitrogens with zero attached hydrogens (tertiary/aromatic N) is 1. The average Bonchev–Trinajstić information content (AvgIpc) is 3.34. The highest BCUT2D eigenvalue weighted by molar-refractivity contribution is 7.80. The number of hydrogen-bond donors (Lipinski definition) is 2. The highest BCUT2D eigenvalue weighted by atomic mass is 32.1. The Morgan fingerprint density at radius 2 is 2.12 bits per heavy atom. The molecule has 1 aliphatic heterocycles. The standard InChI is InChI=1S/C19H29N3OS/c24-19(21-16-12-14-6-7-15(16)11-14)20-13-17(18-5-4-10-23-18)22-8-2-1-3-9-22/h4-5,10,14-17H,1-3,6-9,11-13H2,(H2,20,21,24)/t14-,15-,16-,17-/m0/s1. The maximum absolute atomic E-state index is 5.71. The van der Waals surface area contributed by atoms with Crippen LogP contribution in [0, 0.1) is 11.8 Å². The van der Waals surface area contributed by atoms with Crippen molar-refractivity contribution in [3.63, 3.8) is 0 Å². The quantitative estimate of drug-likeness (QED) is 0.798. The van der Waals surface area contributed by atoms with E-state index in [1.807, 2.05) is 6.07 Å². The first-order chi connectivity index (χ1) is 11.8. The van der Waals surface area contributed by atoms with E-state index in [1.54, 1.807) is 6.26 Å². The molecular weight excluding hydrogens is 318 g/mol. The van der Waals surface area contributed by atoms with Crippen LogP contribution >= 0.6 is 12.2 Å². The van der Waals surface area contributed by atoms with Crippen molar-refractivity contribution >= 4 is 17.3 Å². The lowest BCUT2D eigenvalue weighted by Gasteiger charge is -2.34. The van der Waals surface area contributed by atoms with Crippen molar-refractivity contribution in [3.8, 4) is 0 Å². The van der Waals surface area contributed by atoms with Crippen molar-refractivity contribution in [1.29, 1.82) is 0 Å². The van der Waals surface area contributed by atoms with Gasteiger partial charge in [0.05, 0.1) is 12.3 Å². The summed E-state index contributed by atoms with van der Waals surface area (Å²) >= 11 is 5.58. The van der Waals surface area contributed by atoms with Crippen LogP contribution in [-0.4, -0.2) is 35.7 Å². The van der Waals surface area contributed by atoms with Gasteiger partial charge < -0.3 is 15.1 Å². The van der Waals surface area contributed by atoms with Crippen LogP contribution in [0.4, 0.5) is 0 Å². The van der Waals surface area contributed by atoms with E-state index >= 15 is 0 Å². The van der Waals surface area contributed by atoms with Gasteiger partial charge in [-0.15, -0.1) is 0 Å². The first kappa shape index (κ1) is 16.4. The van der Waals surface area contributed by atoms with Crippen LogP contribution in [0.5, 0.6) is 0 Å². The van der Waals surface area contributed by atoms with Gasteiger partial charge in [0.1, 0.15) is 5.76 Å². The van der Waals surface area contributed by atoms with E-state index in [1.165, 1.54) is 44.9 Å². The Morgan fingerprint density at radius 3 is 2.79 bits per heavy atom. The number of likely N-dealkylation sites (tertiary alicyclic amines) is 1. The second-order valence-corrected chi connectivity index (χ2v) is 8.17. The minimum absolute atomic E-state index is 0.278. The SMILES string of the molecule is S=C(NC[C@@H](c1ccco1)N1CCCCC1)N[C@H]1C[C@H]2CC[C@H]1C2.